The van der Waals surface area contributed by atoms with Crippen LogP contribution in [0.3, 0.4) is 0 Å². The molecule has 10 nitrogen and oxygen atoms in total. The molecule has 256 valence electrons. The van der Waals surface area contributed by atoms with Crippen molar-refractivity contribution in [3.63, 3.8) is 0 Å². The van der Waals surface area contributed by atoms with Crippen molar-refractivity contribution >= 4 is 35.8 Å². The Balaban J connectivity index is 1.07. The van der Waals surface area contributed by atoms with E-state index in [1.165, 1.54) is 62.1 Å². The Morgan fingerprint density at radius 1 is 0.673 bits per heavy atom. The number of benzene rings is 2. The molecule has 8 rings (SSSR count). The molecule has 0 N–H and O–H groups in total. The highest BCUT2D eigenvalue weighted by atomic mass is 16.6. The van der Waals surface area contributed by atoms with Gasteiger partial charge in [-0.25, -0.2) is 28.8 Å². The van der Waals surface area contributed by atoms with Crippen LogP contribution in [0.25, 0.3) is 0 Å². The van der Waals surface area contributed by atoms with Gasteiger partial charge in [0.2, 0.25) is 0 Å². The highest BCUT2D eigenvalue weighted by Crippen LogP contribution is 2.68. The first-order chi connectivity index (χ1) is 23.4. The number of hydrogen-bond donors (Lipinski definition) is 0. The summed E-state index contributed by atoms with van der Waals surface area (Å²) in [6.07, 6.45) is 7.72. The minimum Gasteiger partial charge on any atom is -0.459 e. The van der Waals surface area contributed by atoms with E-state index in [2.05, 4.69) is 25.5 Å². The van der Waals surface area contributed by atoms with Gasteiger partial charge in [-0.15, -0.1) is 0 Å². The lowest BCUT2D eigenvalue weighted by atomic mass is 9.44. The second kappa shape index (κ2) is 11.4. The van der Waals surface area contributed by atoms with Crippen molar-refractivity contribution < 1.29 is 47.7 Å². The summed E-state index contributed by atoms with van der Waals surface area (Å²) in [5, 5.41) is 0. The number of carbonyl (C=O) groups is 6. The quantitative estimate of drug-likeness (QED) is 0.191. The third kappa shape index (κ3) is 4.88. The minimum atomic E-state index is -0.785. The first-order valence-corrected chi connectivity index (χ1v) is 17.6. The number of rotatable bonds is 5. The topological polar surface area (TPSA) is 139 Å². The zero-order valence-electron chi connectivity index (χ0n) is 28.0. The van der Waals surface area contributed by atoms with Crippen LogP contribution in [0.5, 0.6) is 0 Å². The molecule has 0 radical (unpaired) electrons. The molecule has 9 atom stereocenters. The average Bonchev–Trinajstić information content (AvgIpc) is 3.69. The normalized spacial score (nSPS) is 35.7. The number of hydrogen-bond acceptors (Lipinski definition) is 10. The van der Waals surface area contributed by atoms with E-state index >= 15 is 0 Å². The lowest BCUT2D eigenvalue weighted by Gasteiger charge is -2.62. The van der Waals surface area contributed by atoms with E-state index < -0.39 is 48.0 Å². The molecule has 4 saturated carbocycles. The fourth-order valence-electron chi connectivity index (χ4n) is 11.1. The molecule has 0 aromatic heterocycles. The van der Waals surface area contributed by atoms with Crippen molar-refractivity contribution in [2.45, 2.75) is 90.8 Å². The van der Waals surface area contributed by atoms with Crippen LogP contribution in [0.4, 0.5) is 0 Å². The summed E-state index contributed by atoms with van der Waals surface area (Å²) in [4.78, 5) is 75.4. The fraction of sp³-hybridized carbons (Fsp3) is 0.538. The Morgan fingerprint density at radius 3 is 1.84 bits per heavy atom. The number of cyclic esters (lactones) is 4. The van der Waals surface area contributed by atoms with Crippen LogP contribution in [0, 0.1) is 40.4 Å². The van der Waals surface area contributed by atoms with Gasteiger partial charge in [-0.1, -0.05) is 27.2 Å². The van der Waals surface area contributed by atoms with Crippen molar-refractivity contribution in [3.8, 4) is 0 Å². The summed E-state index contributed by atoms with van der Waals surface area (Å²) in [7, 11) is 0. The second-order valence-corrected chi connectivity index (χ2v) is 15.6. The molecule has 4 fully saturated rings. The van der Waals surface area contributed by atoms with Crippen LogP contribution in [0.2, 0.25) is 0 Å². The van der Waals surface area contributed by atoms with Crippen LogP contribution < -0.4 is 0 Å². The standard InChI is InChI=1S/C39H40O10/c1-4-21-7-10-28-27-18-31(47-33(41)20-6-9-24-26(16-20)37(45)49-35(24)43)30-17-22(11-13-39(30,3)29(27)12-14-38(21,28)2)46-32(40)19-5-8-23-25(15-19)36(44)48-34(23)42/h5-6,8-9,15-16,21-22,27-31H,4,7,10-14,17-18H2,1-3H3. The minimum absolute atomic E-state index is 0.0478. The van der Waals surface area contributed by atoms with Crippen molar-refractivity contribution in [2.75, 3.05) is 0 Å². The van der Waals surface area contributed by atoms with E-state index in [-0.39, 0.29) is 50.1 Å². The number of carbonyl (C=O) groups excluding carboxylic acids is 6. The van der Waals surface area contributed by atoms with Crippen molar-refractivity contribution in [2.24, 2.45) is 40.4 Å². The highest BCUT2D eigenvalue weighted by Gasteiger charge is 2.63. The van der Waals surface area contributed by atoms with Gasteiger partial charge in [0.25, 0.3) is 0 Å². The van der Waals surface area contributed by atoms with Crippen LogP contribution in [-0.4, -0.2) is 48.0 Å². The van der Waals surface area contributed by atoms with Crippen LogP contribution in [0.15, 0.2) is 36.4 Å². The summed E-state index contributed by atoms with van der Waals surface area (Å²) in [5.41, 5.74) is 0.826. The zero-order valence-corrected chi connectivity index (χ0v) is 28.0. The molecule has 0 bridgehead atoms. The van der Waals surface area contributed by atoms with Crippen LogP contribution in [0.1, 0.15) is 141 Å². The van der Waals surface area contributed by atoms with Gasteiger partial charge >= 0.3 is 35.8 Å². The van der Waals surface area contributed by atoms with Crippen molar-refractivity contribution in [1.82, 2.24) is 0 Å². The number of esters is 6. The van der Waals surface area contributed by atoms with Crippen molar-refractivity contribution in [3.05, 3.63) is 69.8 Å². The Morgan fingerprint density at radius 2 is 1.22 bits per heavy atom. The molecule has 49 heavy (non-hydrogen) atoms. The third-order valence-electron chi connectivity index (χ3n) is 13.6. The molecular weight excluding hydrogens is 628 g/mol. The number of fused-ring (bicyclic) bond motifs is 7. The van der Waals surface area contributed by atoms with E-state index in [4.69, 9.17) is 14.2 Å². The molecule has 0 spiro atoms. The molecule has 2 aliphatic heterocycles. The first-order valence-electron chi connectivity index (χ1n) is 17.6. The van der Waals surface area contributed by atoms with Crippen LogP contribution >= 0.6 is 0 Å². The maximum atomic E-state index is 13.8. The highest BCUT2D eigenvalue weighted by molar-refractivity contribution is 6.16. The summed E-state index contributed by atoms with van der Waals surface area (Å²) in [6.45, 7) is 7.10. The van der Waals surface area contributed by atoms with Gasteiger partial charge in [0.05, 0.1) is 33.4 Å². The van der Waals surface area contributed by atoms with E-state index in [0.29, 0.717) is 36.5 Å². The van der Waals surface area contributed by atoms with E-state index in [1.54, 1.807) is 0 Å². The number of ether oxygens (including phenoxy) is 4. The monoisotopic (exact) mass is 668 g/mol. The maximum absolute atomic E-state index is 13.8. The summed E-state index contributed by atoms with van der Waals surface area (Å²) < 4.78 is 21.9. The lowest BCUT2D eigenvalue weighted by Crippen LogP contribution is -2.59. The molecular formula is C39H40O10. The van der Waals surface area contributed by atoms with E-state index in [1.807, 2.05) is 0 Å². The summed E-state index contributed by atoms with van der Waals surface area (Å²) in [5.74, 6) is -2.16. The molecule has 2 heterocycles. The van der Waals surface area contributed by atoms with Gasteiger partial charge < -0.3 is 18.9 Å². The molecule has 10 heteroatoms. The maximum Gasteiger partial charge on any atom is 0.346 e. The summed E-state index contributed by atoms with van der Waals surface area (Å²) in [6, 6.07) is 8.53. The molecule has 0 amide bonds. The average molecular weight is 669 g/mol. The zero-order chi connectivity index (χ0) is 34.4. The van der Waals surface area contributed by atoms with Gasteiger partial charge in [0.15, 0.2) is 0 Å². The Kier molecular flexibility index (Phi) is 7.39. The van der Waals surface area contributed by atoms with Gasteiger partial charge in [-0.3, -0.25) is 0 Å². The van der Waals surface area contributed by atoms with Crippen LogP contribution in [-0.2, 0) is 18.9 Å². The van der Waals surface area contributed by atoms with Gasteiger partial charge in [-0.05, 0) is 122 Å². The smallest absolute Gasteiger partial charge is 0.346 e. The van der Waals surface area contributed by atoms with Gasteiger partial charge in [0.1, 0.15) is 12.2 Å². The molecule has 6 aliphatic rings. The van der Waals surface area contributed by atoms with Gasteiger partial charge in [-0.2, -0.15) is 0 Å². The Labute approximate surface area is 284 Å². The third-order valence-corrected chi connectivity index (χ3v) is 13.6. The Bertz CT molecular complexity index is 1830. The largest absolute Gasteiger partial charge is 0.459 e. The lowest BCUT2D eigenvalue weighted by molar-refractivity contribution is -0.172. The molecule has 2 aromatic rings. The molecule has 9 unspecified atom stereocenters. The van der Waals surface area contributed by atoms with E-state index in [9.17, 15) is 28.8 Å². The SMILES string of the molecule is CCC1CCC2C3CC(OC(=O)c4ccc5c(c4)C(=O)OC5=O)C4CC(OC(=O)c5ccc6c(c5)C(=O)OC6=O)CCC4(C)C3CCC12C. The molecule has 0 saturated heterocycles. The molecule has 2 aromatic carbocycles. The Hall–Kier alpha value is -4.34. The predicted octanol–water partition coefficient (Wildman–Crippen LogP) is 6.74. The fourth-order valence-corrected chi connectivity index (χ4v) is 11.1. The molecule has 4 aliphatic carbocycles. The van der Waals surface area contributed by atoms with E-state index in [0.717, 1.165) is 19.3 Å². The first kappa shape index (κ1) is 31.9. The van der Waals surface area contributed by atoms with Crippen molar-refractivity contribution in [1.29, 1.82) is 0 Å². The summed E-state index contributed by atoms with van der Waals surface area (Å²) >= 11 is 0. The second-order valence-electron chi connectivity index (χ2n) is 15.6. The predicted molar refractivity (Wildman–Crippen MR) is 172 cm³/mol. The van der Waals surface area contributed by atoms with Gasteiger partial charge in [0, 0.05) is 5.92 Å².